The molecule has 2 fully saturated rings. The summed E-state index contributed by atoms with van der Waals surface area (Å²) in [4.78, 5) is 50.8. The molecule has 11 nitrogen and oxygen atoms in total. The highest BCUT2D eigenvalue weighted by Crippen LogP contribution is 2.31. The van der Waals surface area contributed by atoms with Gasteiger partial charge in [-0.15, -0.1) is 0 Å². The summed E-state index contributed by atoms with van der Waals surface area (Å²) in [5.74, 6) is -2.20. The third-order valence-electron chi connectivity index (χ3n) is 5.27. The molecule has 0 aliphatic carbocycles. The summed E-state index contributed by atoms with van der Waals surface area (Å²) in [6.45, 7) is 1.32. The molecule has 0 unspecified atom stereocenters. The van der Waals surface area contributed by atoms with Crippen LogP contribution < -0.4 is 15.5 Å². The molecule has 2 aromatic carbocycles. The Kier molecular flexibility index (Phi) is 6.50. The predicted molar refractivity (Wildman–Crippen MR) is 119 cm³/mol. The number of nitrogens with zero attached hydrogens (tertiary/aromatic N) is 3. The van der Waals surface area contributed by atoms with Crippen LogP contribution in [-0.2, 0) is 14.3 Å². The topological polar surface area (TPSA) is 134 Å². The number of nitro benzene ring substituents is 1. The lowest BCUT2D eigenvalue weighted by Gasteiger charge is -2.28. The standard InChI is InChI=1S/C22H20FN5O6/c23-15-3-1-2-4-16(15)24-20(29)13-27-21(30)17(25-22(27)31)11-14-5-6-18(19(12-14)28(32)33)26-7-9-34-10-8-26/h1-6,11-12H,7-10,13H2,(H,24,29)(H,25,31)/b17-11+. The van der Waals surface area contributed by atoms with Crippen LogP contribution in [0.25, 0.3) is 6.08 Å². The summed E-state index contributed by atoms with van der Waals surface area (Å²) in [7, 11) is 0. The number of amides is 4. The number of rotatable bonds is 6. The lowest BCUT2D eigenvalue weighted by Crippen LogP contribution is -2.38. The number of morpholine rings is 1. The monoisotopic (exact) mass is 469 g/mol. The molecule has 0 spiro atoms. The second-order valence-corrected chi connectivity index (χ2v) is 7.51. The molecule has 34 heavy (non-hydrogen) atoms. The number of nitro groups is 1. The van der Waals surface area contributed by atoms with E-state index in [0.717, 1.165) is 6.07 Å². The normalized spacial score (nSPS) is 17.1. The number of hydrogen-bond acceptors (Lipinski definition) is 7. The van der Waals surface area contributed by atoms with Crippen LogP contribution in [0.15, 0.2) is 48.2 Å². The Morgan fingerprint density at radius 3 is 2.65 bits per heavy atom. The zero-order chi connectivity index (χ0) is 24.2. The second-order valence-electron chi connectivity index (χ2n) is 7.51. The first-order chi connectivity index (χ1) is 16.3. The zero-order valence-corrected chi connectivity index (χ0v) is 17.8. The SMILES string of the molecule is O=C(CN1C(=O)N/C(=C/c2ccc(N3CCOCC3)c([N+](=O)[O-])c2)C1=O)Nc1ccccc1F. The maximum absolute atomic E-state index is 13.7. The number of carbonyl (C=O) groups is 3. The Labute approximate surface area is 192 Å². The van der Waals surface area contributed by atoms with Gasteiger partial charge in [0.25, 0.3) is 11.6 Å². The Morgan fingerprint density at radius 1 is 1.21 bits per heavy atom. The van der Waals surface area contributed by atoms with E-state index in [1.807, 2.05) is 4.90 Å². The minimum atomic E-state index is -0.834. The molecule has 2 aliphatic heterocycles. The minimum absolute atomic E-state index is 0.0806. The molecule has 12 heteroatoms. The van der Waals surface area contributed by atoms with Crippen molar-refractivity contribution in [2.24, 2.45) is 0 Å². The molecule has 2 saturated heterocycles. The number of hydrogen-bond donors (Lipinski definition) is 2. The van der Waals surface area contributed by atoms with E-state index in [2.05, 4.69) is 10.6 Å². The highest BCUT2D eigenvalue weighted by atomic mass is 19.1. The van der Waals surface area contributed by atoms with Crippen LogP contribution in [0.5, 0.6) is 0 Å². The summed E-state index contributed by atoms with van der Waals surface area (Å²) >= 11 is 0. The van der Waals surface area contributed by atoms with Crippen LogP contribution in [0.4, 0.5) is 26.2 Å². The van der Waals surface area contributed by atoms with Crippen molar-refractivity contribution in [2.75, 3.05) is 43.1 Å². The van der Waals surface area contributed by atoms with Crippen molar-refractivity contribution in [3.05, 3.63) is 69.7 Å². The number of anilines is 2. The molecular formula is C22H20FN5O6. The number of halogens is 1. The smallest absolute Gasteiger partial charge is 0.329 e. The van der Waals surface area contributed by atoms with Gasteiger partial charge in [0.15, 0.2) is 0 Å². The Bertz CT molecular complexity index is 1190. The number of benzene rings is 2. The first-order valence-electron chi connectivity index (χ1n) is 10.3. The van der Waals surface area contributed by atoms with Gasteiger partial charge in [0.2, 0.25) is 5.91 Å². The fraction of sp³-hybridized carbons (Fsp3) is 0.227. The number of urea groups is 1. The van der Waals surface area contributed by atoms with Crippen LogP contribution >= 0.6 is 0 Å². The van der Waals surface area contributed by atoms with Gasteiger partial charge in [0.05, 0.1) is 23.8 Å². The van der Waals surface area contributed by atoms with Crippen molar-refractivity contribution in [1.82, 2.24) is 10.2 Å². The van der Waals surface area contributed by atoms with Gasteiger partial charge >= 0.3 is 6.03 Å². The summed E-state index contributed by atoms with van der Waals surface area (Å²) in [5.41, 5.74) is 0.392. The number of imide groups is 1. The van der Waals surface area contributed by atoms with E-state index in [-0.39, 0.29) is 17.1 Å². The van der Waals surface area contributed by atoms with Crippen molar-refractivity contribution >= 4 is 41.0 Å². The molecule has 0 radical (unpaired) electrons. The van der Waals surface area contributed by atoms with Crippen LogP contribution in [0.1, 0.15) is 5.56 Å². The Hall–Kier alpha value is -4.32. The molecule has 2 aromatic rings. The van der Waals surface area contributed by atoms with Gasteiger partial charge in [0, 0.05) is 19.2 Å². The number of nitrogens with one attached hydrogen (secondary N) is 2. The van der Waals surface area contributed by atoms with Crippen LogP contribution in [0, 0.1) is 15.9 Å². The van der Waals surface area contributed by atoms with Crippen molar-refractivity contribution in [2.45, 2.75) is 0 Å². The van der Waals surface area contributed by atoms with Gasteiger partial charge in [-0.1, -0.05) is 18.2 Å². The van der Waals surface area contributed by atoms with E-state index in [1.165, 1.54) is 30.3 Å². The molecule has 4 amide bonds. The van der Waals surface area contributed by atoms with Gasteiger partial charge in [0.1, 0.15) is 23.7 Å². The van der Waals surface area contributed by atoms with Crippen molar-refractivity contribution in [3.63, 3.8) is 0 Å². The average Bonchev–Trinajstić information content (AvgIpc) is 3.08. The first-order valence-corrected chi connectivity index (χ1v) is 10.3. The summed E-state index contributed by atoms with van der Waals surface area (Å²) in [6.07, 6.45) is 1.30. The van der Waals surface area contributed by atoms with Crippen molar-refractivity contribution in [1.29, 1.82) is 0 Å². The van der Waals surface area contributed by atoms with Crippen LogP contribution in [0.3, 0.4) is 0 Å². The maximum Gasteiger partial charge on any atom is 0.329 e. The second kappa shape index (κ2) is 9.67. The molecular weight excluding hydrogens is 449 g/mol. The third-order valence-corrected chi connectivity index (χ3v) is 5.27. The molecule has 2 aliphatic rings. The number of carbonyl (C=O) groups excluding carboxylic acids is 3. The molecule has 2 heterocycles. The molecule has 176 valence electrons. The van der Waals surface area contributed by atoms with Gasteiger partial charge in [-0.2, -0.15) is 0 Å². The van der Waals surface area contributed by atoms with Crippen molar-refractivity contribution < 1.29 is 28.4 Å². The molecule has 0 saturated carbocycles. The van der Waals surface area contributed by atoms with Gasteiger partial charge in [-0.05, 0) is 29.8 Å². The fourth-order valence-corrected chi connectivity index (χ4v) is 3.63. The maximum atomic E-state index is 13.7. The highest BCUT2D eigenvalue weighted by molar-refractivity contribution is 6.16. The lowest BCUT2D eigenvalue weighted by molar-refractivity contribution is -0.384. The minimum Gasteiger partial charge on any atom is -0.378 e. The van der Waals surface area contributed by atoms with E-state index in [1.54, 1.807) is 12.1 Å². The van der Waals surface area contributed by atoms with Crippen LogP contribution in [0.2, 0.25) is 0 Å². The van der Waals surface area contributed by atoms with Gasteiger partial charge in [-0.25, -0.2) is 14.1 Å². The Morgan fingerprint density at radius 2 is 1.94 bits per heavy atom. The van der Waals surface area contributed by atoms with E-state index >= 15 is 0 Å². The first kappa shape index (κ1) is 22.9. The number of para-hydroxylation sites is 1. The average molecular weight is 469 g/mol. The van der Waals surface area contributed by atoms with E-state index in [4.69, 9.17) is 4.74 Å². The molecule has 0 aromatic heterocycles. The molecule has 0 atom stereocenters. The number of ether oxygens (including phenoxy) is 1. The van der Waals surface area contributed by atoms with E-state index in [0.29, 0.717) is 42.5 Å². The fourth-order valence-electron chi connectivity index (χ4n) is 3.63. The van der Waals surface area contributed by atoms with Crippen molar-refractivity contribution in [3.8, 4) is 0 Å². The van der Waals surface area contributed by atoms with E-state index < -0.39 is 35.1 Å². The lowest BCUT2D eigenvalue weighted by atomic mass is 10.1. The zero-order valence-electron chi connectivity index (χ0n) is 17.8. The largest absolute Gasteiger partial charge is 0.378 e. The van der Waals surface area contributed by atoms with Crippen LogP contribution in [-0.4, -0.2) is 60.5 Å². The molecule has 2 N–H and O–H groups in total. The Balaban J connectivity index is 1.50. The van der Waals surface area contributed by atoms with E-state index in [9.17, 15) is 28.9 Å². The molecule has 4 rings (SSSR count). The molecule has 0 bridgehead atoms. The third kappa shape index (κ3) is 4.86. The quantitative estimate of drug-likeness (QED) is 0.286. The van der Waals surface area contributed by atoms with Gasteiger partial charge in [-0.3, -0.25) is 19.7 Å². The summed E-state index contributed by atoms with van der Waals surface area (Å²) in [6, 6.07) is 9.14. The van der Waals surface area contributed by atoms with Gasteiger partial charge < -0.3 is 20.3 Å². The predicted octanol–water partition coefficient (Wildman–Crippen LogP) is 2.10. The summed E-state index contributed by atoms with van der Waals surface area (Å²) < 4.78 is 19.0. The highest BCUT2D eigenvalue weighted by Gasteiger charge is 2.35. The summed E-state index contributed by atoms with van der Waals surface area (Å²) in [5, 5.41) is 16.3.